The van der Waals surface area contributed by atoms with Gasteiger partial charge >= 0.3 is 0 Å². The molecule has 0 saturated heterocycles. The van der Waals surface area contributed by atoms with E-state index in [2.05, 4.69) is 56.3 Å². The van der Waals surface area contributed by atoms with Crippen molar-refractivity contribution in [2.75, 3.05) is 20.1 Å². The molecule has 22 heavy (non-hydrogen) atoms. The Morgan fingerprint density at radius 2 is 1.91 bits per heavy atom. The monoisotopic (exact) mass is 316 g/mol. The molecule has 4 nitrogen and oxygen atoms in total. The third-order valence-electron chi connectivity index (χ3n) is 3.34. The molecule has 0 unspecified atom stereocenters. The lowest BCUT2D eigenvalue weighted by Crippen LogP contribution is -2.38. The predicted molar refractivity (Wildman–Crippen MR) is 94.7 cm³/mol. The molecule has 0 aliphatic heterocycles. The van der Waals surface area contributed by atoms with Gasteiger partial charge in [0, 0.05) is 31.9 Å². The maximum absolute atomic E-state index is 4.46. The molecule has 0 fully saturated rings. The number of benzene rings is 1. The van der Waals surface area contributed by atoms with Crippen LogP contribution in [0.1, 0.15) is 22.7 Å². The van der Waals surface area contributed by atoms with E-state index < -0.39 is 0 Å². The highest BCUT2D eigenvalue weighted by Crippen LogP contribution is 2.07. The van der Waals surface area contributed by atoms with E-state index in [1.807, 2.05) is 6.92 Å². The van der Waals surface area contributed by atoms with Crippen molar-refractivity contribution in [3.8, 4) is 0 Å². The Balaban J connectivity index is 1.61. The first kappa shape index (κ1) is 16.5. The Labute approximate surface area is 136 Å². The third-order valence-corrected chi connectivity index (χ3v) is 4.16. The second kappa shape index (κ2) is 9.20. The summed E-state index contributed by atoms with van der Waals surface area (Å²) in [6.45, 7) is 3.81. The van der Waals surface area contributed by atoms with Crippen LogP contribution in [-0.2, 0) is 12.8 Å². The van der Waals surface area contributed by atoms with Crippen molar-refractivity contribution in [2.24, 2.45) is 4.99 Å². The third kappa shape index (κ3) is 5.85. The van der Waals surface area contributed by atoms with Crippen LogP contribution in [0.25, 0.3) is 0 Å². The minimum atomic E-state index is 0.849. The Kier molecular flexibility index (Phi) is 6.90. The van der Waals surface area contributed by atoms with Gasteiger partial charge in [-0.2, -0.15) is 0 Å². The molecule has 5 heteroatoms. The number of hydrogen-bond donors (Lipinski definition) is 2. The smallest absolute Gasteiger partial charge is 0.190 e. The molecule has 0 aliphatic carbocycles. The van der Waals surface area contributed by atoms with Gasteiger partial charge in [0.05, 0.1) is 10.7 Å². The van der Waals surface area contributed by atoms with Crippen molar-refractivity contribution in [1.29, 1.82) is 0 Å². The molecule has 0 amide bonds. The number of aryl methyl sites for hydroxylation is 2. The van der Waals surface area contributed by atoms with Gasteiger partial charge in [-0.25, -0.2) is 4.98 Å². The first-order chi connectivity index (χ1) is 10.8. The summed E-state index contributed by atoms with van der Waals surface area (Å²) >= 11 is 1.70. The number of nitrogens with one attached hydrogen (secondary N) is 2. The Bertz CT molecular complexity index is 577. The van der Waals surface area contributed by atoms with E-state index in [9.17, 15) is 0 Å². The summed E-state index contributed by atoms with van der Waals surface area (Å²) in [5.74, 6) is 0.861. The van der Waals surface area contributed by atoms with Crippen LogP contribution in [0.15, 0.2) is 40.7 Å². The number of hydrogen-bond acceptors (Lipinski definition) is 3. The van der Waals surface area contributed by atoms with E-state index in [-0.39, 0.29) is 0 Å². The van der Waals surface area contributed by atoms with E-state index in [1.54, 1.807) is 18.4 Å². The SMILES string of the molecule is CN=C(NCCCc1ccccc1)NCCc1csc(C)n1. The minimum absolute atomic E-state index is 0.849. The number of thiazole rings is 1. The molecule has 2 rings (SSSR count). The van der Waals surface area contributed by atoms with Gasteiger partial charge in [0.1, 0.15) is 0 Å². The van der Waals surface area contributed by atoms with E-state index in [0.29, 0.717) is 0 Å². The molecule has 1 aromatic carbocycles. The molecule has 0 saturated carbocycles. The zero-order chi connectivity index (χ0) is 15.6. The van der Waals surface area contributed by atoms with E-state index in [0.717, 1.165) is 49.0 Å². The molecule has 1 heterocycles. The summed E-state index contributed by atoms with van der Waals surface area (Å²) in [6, 6.07) is 10.6. The average molecular weight is 316 g/mol. The molecule has 0 radical (unpaired) electrons. The van der Waals surface area contributed by atoms with Crippen LogP contribution >= 0.6 is 11.3 Å². The molecule has 0 spiro atoms. The van der Waals surface area contributed by atoms with Crippen LogP contribution in [0.2, 0.25) is 0 Å². The van der Waals surface area contributed by atoms with Gasteiger partial charge in [0.15, 0.2) is 5.96 Å². The summed E-state index contributed by atoms with van der Waals surface area (Å²) in [7, 11) is 1.81. The van der Waals surface area contributed by atoms with Crippen molar-refractivity contribution >= 4 is 17.3 Å². The molecule has 1 aromatic heterocycles. The maximum atomic E-state index is 4.46. The first-order valence-corrected chi connectivity index (χ1v) is 8.55. The predicted octanol–water partition coefficient (Wildman–Crippen LogP) is 2.79. The van der Waals surface area contributed by atoms with Gasteiger partial charge < -0.3 is 10.6 Å². The van der Waals surface area contributed by atoms with Gasteiger partial charge in [0.2, 0.25) is 0 Å². The van der Waals surface area contributed by atoms with Crippen LogP contribution < -0.4 is 10.6 Å². The maximum Gasteiger partial charge on any atom is 0.190 e. The summed E-state index contributed by atoms with van der Waals surface area (Å²) in [5.41, 5.74) is 2.53. The standard InChI is InChI=1S/C17H24N4S/c1-14-21-16(13-22-14)10-12-20-17(18-2)19-11-6-9-15-7-4-3-5-8-15/h3-5,7-8,13H,6,9-12H2,1-2H3,(H2,18,19,20). The minimum Gasteiger partial charge on any atom is -0.356 e. The average Bonchev–Trinajstić information content (AvgIpc) is 2.96. The second-order valence-electron chi connectivity index (χ2n) is 5.12. The summed E-state index contributed by atoms with van der Waals surface area (Å²) < 4.78 is 0. The molecule has 0 bridgehead atoms. The van der Waals surface area contributed by atoms with Crippen molar-refractivity contribution in [1.82, 2.24) is 15.6 Å². The van der Waals surface area contributed by atoms with Crippen LogP contribution in [0.5, 0.6) is 0 Å². The van der Waals surface area contributed by atoms with Crippen molar-refractivity contribution in [3.63, 3.8) is 0 Å². The molecule has 2 N–H and O–H groups in total. The fraction of sp³-hybridized carbons (Fsp3) is 0.412. The first-order valence-electron chi connectivity index (χ1n) is 7.67. The number of rotatable bonds is 7. The fourth-order valence-electron chi connectivity index (χ4n) is 2.20. The van der Waals surface area contributed by atoms with Crippen LogP contribution in [0.3, 0.4) is 0 Å². The molecular weight excluding hydrogens is 292 g/mol. The largest absolute Gasteiger partial charge is 0.356 e. The quantitative estimate of drug-likeness (QED) is 0.469. The highest BCUT2D eigenvalue weighted by molar-refractivity contribution is 7.09. The highest BCUT2D eigenvalue weighted by atomic mass is 32.1. The topological polar surface area (TPSA) is 49.3 Å². The lowest BCUT2D eigenvalue weighted by molar-refractivity contribution is 0.736. The van der Waals surface area contributed by atoms with E-state index >= 15 is 0 Å². The summed E-state index contributed by atoms with van der Waals surface area (Å²) in [6.07, 6.45) is 3.11. The van der Waals surface area contributed by atoms with Gasteiger partial charge in [0.25, 0.3) is 0 Å². The normalized spacial score (nSPS) is 11.5. The molecular formula is C17H24N4S. The second-order valence-corrected chi connectivity index (χ2v) is 6.19. The Morgan fingerprint density at radius 1 is 1.14 bits per heavy atom. The van der Waals surface area contributed by atoms with E-state index in [1.165, 1.54) is 5.56 Å². The zero-order valence-corrected chi connectivity index (χ0v) is 14.1. The van der Waals surface area contributed by atoms with Crippen molar-refractivity contribution < 1.29 is 0 Å². The van der Waals surface area contributed by atoms with Crippen LogP contribution in [-0.4, -0.2) is 31.1 Å². The van der Waals surface area contributed by atoms with Crippen molar-refractivity contribution in [3.05, 3.63) is 52.0 Å². The number of aromatic nitrogens is 1. The van der Waals surface area contributed by atoms with Gasteiger partial charge in [-0.3, -0.25) is 4.99 Å². The molecule has 2 aromatic rings. The molecule has 0 aliphatic rings. The van der Waals surface area contributed by atoms with E-state index in [4.69, 9.17) is 0 Å². The zero-order valence-electron chi connectivity index (χ0n) is 13.3. The van der Waals surface area contributed by atoms with Crippen LogP contribution in [0.4, 0.5) is 0 Å². The highest BCUT2D eigenvalue weighted by Gasteiger charge is 2.00. The van der Waals surface area contributed by atoms with Gasteiger partial charge in [-0.05, 0) is 25.3 Å². The van der Waals surface area contributed by atoms with Crippen LogP contribution in [0, 0.1) is 6.92 Å². The van der Waals surface area contributed by atoms with Gasteiger partial charge in [-0.15, -0.1) is 11.3 Å². The Morgan fingerprint density at radius 3 is 2.59 bits per heavy atom. The number of aliphatic imine (C=N–C) groups is 1. The molecule has 0 atom stereocenters. The lowest BCUT2D eigenvalue weighted by Gasteiger charge is -2.11. The number of guanidine groups is 1. The molecule has 118 valence electrons. The fourth-order valence-corrected chi connectivity index (χ4v) is 2.84. The number of nitrogens with zero attached hydrogens (tertiary/aromatic N) is 2. The Hall–Kier alpha value is -1.88. The van der Waals surface area contributed by atoms with Gasteiger partial charge in [-0.1, -0.05) is 30.3 Å². The lowest BCUT2D eigenvalue weighted by atomic mass is 10.1. The summed E-state index contributed by atoms with van der Waals surface area (Å²) in [4.78, 5) is 8.71. The van der Waals surface area contributed by atoms with Crippen molar-refractivity contribution in [2.45, 2.75) is 26.2 Å². The summed E-state index contributed by atoms with van der Waals surface area (Å²) in [5, 5.41) is 9.92.